The van der Waals surface area contributed by atoms with E-state index >= 15 is 0 Å². The zero-order valence-electron chi connectivity index (χ0n) is 19.7. The standard InChI is InChI=1S/C25H34N6O2/c1-3-4-11-16-30-18-21(22(32)26-20-14-9-6-10-15-20)23(33)31-25(30)27-24(28-31)29(2)17-19-12-7-5-8-13-19/h5,7-8,12-13,18,20H,3-4,6,9-11,14-17H2,1-2H3,(H,26,32). The van der Waals surface area contributed by atoms with Gasteiger partial charge in [0.2, 0.25) is 11.7 Å². The Balaban J connectivity index is 1.66. The van der Waals surface area contributed by atoms with E-state index in [-0.39, 0.29) is 17.5 Å². The molecule has 0 bridgehead atoms. The molecule has 0 spiro atoms. The van der Waals surface area contributed by atoms with E-state index in [9.17, 15) is 9.59 Å². The SMILES string of the molecule is CCCCCn1cc(C(=O)NC2CCCCC2)c(=O)n2nc(N(C)Cc3ccccc3)nc12. The summed E-state index contributed by atoms with van der Waals surface area (Å²) in [4.78, 5) is 32.9. The number of rotatable bonds is 9. The maximum absolute atomic E-state index is 13.3. The molecule has 33 heavy (non-hydrogen) atoms. The van der Waals surface area contributed by atoms with Gasteiger partial charge in [-0.1, -0.05) is 69.4 Å². The number of fused-ring (bicyclic) bond motifs is 1. The molecule has 1 saturated carbocycles. The number of anilines is 1. The molecule has 1 aliphatic rings. The van der Waals surface area contributed by atoms with Gasteiger partial charge < -0.3 is 14.8 Å². The number of benzene rings is 1. The number of carbonyl (C=O) groups excluding carboxylic acids is 1. The minimum Gasteiger partial charge on any atom is -0.349 e. The molecule has 0 atom stereocenters. The number of hydrogen-bond donors (Lipinski definition) is 1. The Morgan fingerprint density at radius 3 is 2.64 bits per heavy atom. The predicted molar refractivity (Wildman–Crippen MR) is 130 cm³/mol. The summed E-state index contributed by atoms with van der Waals surface area (Å²) in [6, 6.07) is 10.2. The molecule has 1 fully saturated rings. The number of nitrogens with one attached hydrogen (secondary N) is 1. The van der Waals surface area contributed by atoms with E-state index in [4.69, 9.17) is 0 Å². The molecule has 8 nitrogen and oxygen atoms in total. The summed E-state index contributed by atoms with van der Waals surface area (Å²) in [5, 5.41) is 7.58. The van der Waals surface area contributed by atoms with Crippen molar-refractivity contribution in [1.29, 1.82) is 0 Å². The second-order valence-corrected chi connectivity index (χ2v) is 9.02. The molecule has 0 unspecified atom stereocenters. The van der Waals surface area contributed by atoms with Crippen molar-refractivity contribution in [3.63, 3.8) is 0 Å². The van der Waals surface area contributed by atoms with Gasteiger partial charge in [0, 0.05) is 32.4 Å². The number of nitrogens with zero attached hydrogens (tertiary/aromatic N) is 5. The molecule has 2 heterocycles. The van der Waals surface area contributed by atoms with Crippen molar-refractivity contribution in [2.45, 2.75) is 77.4 Å². The summed E-state index contributed by atoms with van der Waals surface area (Å²) >= 11 is 0. The average Bonchev–Trinajstić information content (AvgIpc) is 3.28. The van der Waals surface area contributed by atoms with Gasteiger partial charge in [-0.25, -0.2) is 0 Å². The number of unbranched alkanes of at least 4 members (excludes halogenated alkanes) is 2. The molecule has 0 aliphatic heterocycles. The summed E-state index contributed by atoms with van der Waals surface area (Å²) < 4.78 is 3.19. The van der Waals surface area contributed by atoms with Crippen LogP contribution in [0.25, 0.3) is 5.78 Å². The first kappa shape index (κ1) is 23.0. The second kappa shape index (κ2) is 10.6. The molecule has 0 saturated heterocycles. The molecule has 0 radical (unpaired) electrons. The molecule has 8 heteroatoms. The summed E-state index contributed by atoms with van der Waals surface area (Å²) in [5.74, 6) is 0.623. The molecular formula is C25H34N6O2. The van der Waals surface area contributed by atoms with Crippen LogP contribution in [-0.4, -0.2) is 38.2 Å². The van der Waals surface area contributed by atoms with Gasteiger partial charge in [0.25, 0.3) is 11.5 Å². The molecular weight excluding hydrogens is 416 g/mol. The normalized spacial score (nSPS) is 14.5. The van der Waals surface area contributed by atoms with Gasteiger partial charge in [0.1, 0.15) is 5.56 Å². The summed E-state index contributed by atoms with van der Waals surface area (Å²) in [7, 11) is 1.91. The van der Waals surface area contributed by atoms with E-state index in [1.807, 2.05) is 46.8 Å². The Kier molecular flexibility index (Phi) is 7.42. The van der Waals surface area contributed by atoms with E-state index in [0.717, 1.165) is 50.5 Å². The van der Waals surface area contributed by atoms with Crippen LogP contribution in [0.15, 0.2) is 41.3 Å². The molecule has 176 valence electrons. The Morgan fingerprint density at radius 2 is 1.91 bits per heavy atom. The van der Waals surface area contributed by atoms with Gasteiger partial charge >= 0.3 is 0 Å². The third kappa shape index (κ3) is 5.43. The highest BCUT2D eigenvalue weighted by molar-refractivity contribution is 5.94. The molecule has 2 aromatic heterocycles. The topological polar surface area (TPSA) is 84.5 Å². The van der Waals surface area contributed by atoms with Crippen molar-refractivity contribution in [2.24, 2.45) is 0 Å². The predicted octanol–water partition coefficient (Wildman–Crippen LogP) is 3.78. The van der Waals surface area contributed by atoms with Crippen LogP contribution in [0.5, 0.6) is 0 Å². The van der Waals surface area contributed by atoms with E-state index < -0.39 is 5.56 Å². The van der Waals surface area contributed by atoms with Crippen molar-refractivity contribution in [1.82, 2.24) is 24.5 Å². The zero-order chi connectivity index (χ0) is 23.2. The first-order valence-corrected chi connectivity index (χ1v) is 12.1. The maximum atomic E-state index is 13.3. The Hall–Kier alpha value is -3.16. The summed E-state index contributed by atoms with van der Waals surface area (Å²) in [5.41, 5.74) is 0.841. The Morgan fingerprint density at radius 1 is 1.15 bits per heavy atom. The van der Waals surface area contributed by atoms with Crippen molar-refractivity contribution in [3.05, 3.63) is 58.0 Å². The Labute approximate surface area is 194 Å². The minimum absolute atomic E-state index is 0.131. The number of aryl methyl sites for hydroxylation is 1. The number of carbonyl (C=O) groups is 1. The fourth-order valence-corrected chi connectivity index (χ4v) is 4.45. The van der Waals surface area contributed by atoms with E-state index in [1.165, 1.54) is 10.9 Å². The third-order valence-corrected chi connectivity index (χ3v) is 6.34. The third-order valence-electron chi connectivity index (χ3n) is 6.34. The van der Waals surface area contributed by atoms with Gasteiger partial charge in [-0.15, -0.1) is 5.10 Å². The van der Waals surface area contributed by atoms with Crippen molar-refractivity contribution in [2.75, 3.05) is 11.9 Å². The number of amides is 1. The van der Waals surface area contributed by atoms with E-state index in [0.29, 0.717) is 24.8 Å². The minimum atomic E-state index is -0.420. The quantitative estimate of drug-likeness (QED) is 0.502. The molecule has 1 aliphatic carbocycles. The first-order valence-electron chi connectivity index (χ1n) is 12.1. The molecule has 3 aromatic rings. The van der Waals surface area contributed by atoms with Gasteiger partial charge in [-0.05, 0) is 24.8 Å². The maximum Gasteiger partial charge on any atom is 0.288 e. The molecule has 1 N–H and O–H groups in total. The number of hydrogen-bond acceptors (Lipinski definition) is 5. The molecule has 4 rings (SSSR count). The lowest BCUT2D eigenvalue weighted by Crippen LogP contribution is -2.40. The second-order valence-electron chi connectivity index (χ2n) is 9.02. The molecule has 1 amide bonds. The van der Waals surface area contributed by atoms with Crippen LogP contribution >= 0.6 is 0 Å². The number of aromatic nitrogens is 4. The highest BCUT2D eigenvalue weighted by atomic mass is 16.2. The lowest BCUT2D eigenvalue weighted by Gasteiger charge is -2.22. The van der Waals surface area contributed by atoms with Crippen molar-refractivity contribution >= 4 is 17.6 Å². The monoisotopic (exact) mass is 450 g/mol. The van der Waals surface area contributed by atoms with Crippen molar-refractivity contribution < 1.29 is 4.79 Å². The zero-order valence-corrected chi connectivity index (χ0v) is 19.7. The summed E-state index contributed by atoms with van der Waals surface area (Å²) in [6.07, 6.45) is 10.1. The fraction of sp³-hybridized carbons (Fsp3) is 0.520. The highest BCUT2D eigenvalue weighted by Crippen LogP contribution is 2.18. The smallest absolute Gasteiger partial charge is 0.288 e. The van der Waals surface area contributed by atoms with Crippen LogP contribution in [0.4, 0.5) is 5.95 Å². The van der Waals surface area contributed by atoms with Gasteiger partial charge in [-0.2, -0.15) is 9.50 Å². The fourth-order valence-electron chi connectivity index (χ4n) is 4.45. The summed E-state index contributed by atoms with van der Waals surface area (Å²) in [6.45, 7) is 3.45. The lowest BCUT2D eigenvalue weighted by atomic mass is 9.95. The Bertz CT molecular complexity index is 1130. The van der Waals surface area contributed by atoms with Crippen LogP contribution < -0.4 is 15.8 Å². The van der Waals surface area contributed by atoms with Crippen LogP contribution in [0.1, 0.15) is 74.2 Å². The van der Waals surface area contributed by atoms with E-state index in [2.05, 4.69) is 22.3 Å². The highest BCUT2D eigenvalue weighted by Gasteiger charge is 2.22. The van der Waals surface area contributed by atoms with Gasteiger partial charge in [-0.3, -0.25) is 9.59 Å². The molecule has 1 aromatic carbocycles. The average molecular weight is 451 g/mol. The van der Waals surface area contributed by atoms with Crippen LogP contribution in [0.2, 0.25) is 0 Å². The van der Waals surface area contributed by atoms with Crippen LogP contribution in [-0.2, 0) is 13.1 Å². The van der Waals surface area contributed by atoms with Crippen LogP contribution in [0.3, 0.4) is 0 Å². The van der Waals surface area contributed by atoms with Crippen molar-refractivity contribution in [3.8, 4) is 0 Å². The van der Waals surface area contributed by atoms with Gasteiger partial charge in [0.15, 0.2) is 0 Å². The first-order chi connectivity index (χ1) is 16.1. The van der Waals surface area contributed by atoms with E-state index in [1.54, 1.807) is 6.20 Å². The lowest BCUT2D eigenvalue weighted by molar-refractivity contribution is 0.0925. The van der Waals surface area contributed by atoms with Crippen LogP contribution in [0, 0.1) is 0 Å². The van der Waals surface area contributed by atoms with Gasteiger partial charge in [0.05, 0.1) is 0 Å². The largest absolute Gasteiger partial charge is 0.349 e.